The Morgan fingerprint density at radius 1 is 1.50 bits per heavy atom. The van der Waals surface area contributed by atoms with Gasteiger partial charge in [-0.05, 0) is 17.8 Å². The topological polar surface area (TPSA) is 17.1 Å². The van der Waals surface area contributed by atoms with Crippen molar-refractivity contribution in [2.24, 2.45) is 23.7 Å². The van der Waals surface area contributed by atoms with Gasteiger partial charge in [-0.1, -0.05) is 11.6 Å². The predicted octanol–water partition coefficient (Wildman–Crippen LogP) is 0.617. The highest BCUT2D eigenvalue weighted by atomic mass is 16.1. The van der Waals surface area contributed by atoms with Gasteiger partial charge in [-0.25, -0.2) is 0 Å². The van der Waals surface area contributed by atoms with E-state index in [0.29, 0.717) is 11.8 Å². The summed E-state index contributed by atoms with van der Waals surface area (Å²) in [4.78, 5) is 10.2. The van der Waals surface area contributed by atoms with Crippen molar-refractivity contribution < 1.29 is 4.79 Å². The SMILES string of the molecule is O=CC1C2C=C3[C@H]1[C@@H]32. The molecular weight excluding hydrogens is 100 g/mol. The molecule has 0 aromatic rings. The van der Waals surface area contributed by atoms with E-state index in [0.717, 1.165) is 18.1 Å². The zero-order chi connectivity index (χ0) is 5.30. The van der Waals surface area contributed by atoms with Crippen LogP contribution < -0.4 is 0 Å². The fourth-order valence-corrected chi connectivity index (χ4v) is 2.30. The van der Waals surface area contributed by atoms with E-state index in [1.165, 1.54) is 0 Å². The van der Waals surface area contributed by atoms with Crippen molar-refractivity contribution in [3.8, 4) is 0 Å². The fraction of sp³-hybridized carbons (Fsp3) is 0.571. The van der Waals surface area contributed by atoms with Crippen LogP contribution in [0.15, 0.2) is 11.6 Å². The number of hydrogen-bond acceptors (Lipinski definition) is 1. The van der Waals surface area contributed by atoms with Crippen LogP contribution in [0, 0.1) is 23.7 Å². The van der Waals surface area contributed by atoms with Crippen LogP contribution >= 0.6 is 0 Å². The van der Waals surface area contributed by atoms with Gasteiger partial charge in [0.15, 0.2) is 0 Å². The Labute approximate surface area is 47.4 Å². The lowest BCUT2D eigenvalue weighted by atomic mass is 9.74. The van der Waals surface area contributed by atoms with E-state index in [4.69, 9.17) is 0 Å². The van der Waals surface area contributed by atoms with Crippen LogP contribution in [-0.4, -0.2) is 6.29 Å². The van der Waals surface area contributed by atoms with E-state index in [-0.39, 0.29) is 0 Å². The van der Waals surface area contributed by atoms with Crippen molar-refractivity contribution >= 4 is 6.29 Å². The molecule has 0 aromatic heterocycles. The molecule has 1 heteroatoms. The summed E-state index contributed by atoms with van der Waals surface area (Å²) in [5.74, 6) is 2.78. The van der Waals surface area contributed by atoms with Gasteiger partial charge in [0.05, 0.1) is 0 Å². The first-order valence-electron chi connectivity index (χ1n) is 3.10. The normalized spacial score (nSPS) is 61.8. The third kappa shape index (κ3) is 0.140. The Kier molecular flexibility index (Phi) is 0.299. The lowest BCUT2D eigenvalue weighted by molar-refractivity contribution is -0.115. The average Bonchev–Trinajstić information content (AvgIpc) is 2.19. The van der Waals surface area contributed by atoms with E-state index >= 15 is 0 Å². The Morgan fingerprint density at radius 2 is 2.38 bits per heavy atom. The second-order valence-electron chi connectivity index (χ2n) is 3.01. The zero-order valence-electron chi connectivity index (χ0n) is 4.37. The quantitative estimate of drug-likeness (QED) is 0.353. The number of carbonyl (C=O) groups excluding carboxylic acids is 1. The fourth-order valence-electron chi connectivity index (χ4n) is 2.30. The summed E-state index contributed by atoms with van der Waals surface area (Å²) in [6.07, 6.45) is 3.40. The molecule has 2 fully saturated rings. The van der Waals surface area contributed by atoms with E-state index in [2.05, 4.69) is 6.08 Å². The highest BCUT2D eigenvalue weighted by Gasteiger charge is 2.71. The van der Waals surface area contributed by atoms with E-state index in [1.54, 1.807) is 5.57 Å². The molecule has 0 aliphatic heterocycles. The monoisotopic (exact) mass is 106 g/mol. The number of allylic oxidation sites excluding steroid dienone is 2. The number of carbonyl (C=O) groups is 1. The number of hydrogen-bond donors (Lipinski definition) is 0. The van der Waals surface area contributed by atoms with Crippen molar-refractivity contribution in [3.05, 3.63) is 11.6 Å². The second kappa shape index (κ2) is 0.697. The molecule has 3 aliphatic carbocycles. The van der Waals surface area contributed by atoms with Crippen LogP contribution in [-0.2, 0) is 4.79 Å². The predicted molar refractivity (Wildman–Crippen MR) is 28.1 cm³/mol. The van der Waals surface area contributed by atoms with Crippen molar-refractivity contribution in [2.45, 2.75) is 0 Å². The van der Waals surface area contributed by atoms with Gasteiger partial charge < -0.3 is 4.79 Å². The minimum absolute atomic E-state index is 0.426. The molecule has 3 aliphatic rings. The molecule has 0 saturated heterocycles. The van der Waals surface area contributed by atoms with Crippen LogP contribution in [0.5, 0.6) is 0 Å². The average molecular weight is 106 g/mol. The molecule has 0 aromatic carbocycles. The van der Waals surface area contributed by atoms with Crippen molar-refractivity contribution in [2.75, 3.05) is 0 Å². The first kappa shape index (κ1) is 3.44. The van der Waals surface area contributed by atoms with Gasteiger partial charge in [0, 0.05) is 5.92 Å². The summed E-state index contributed by atoms with van der Waals surface area (Å²) in [5, 5.41) is 0. The molecule has 3 rings (SSSR count). The molecule has 4 atom stereocenters. The first-order chi connectivity index (χ1) is 3.93. The van der Waals surface area contributed by atoms with Crippen LogP contribution in [0.2, 0.25) is 0 Å². The van der Waals surface area contributed by atoms with E-state index < -0.39 is 0 Å². The molecular formula is C7H6O. The zero-order valence-corrected chi connectivity index (χ0v) is 4.37. The minimum Gasteiger partial charge on any atom is -0.303 e. The van der Waals surface area contributed by atoms with Gasteiger partial charge in [0.25, 0.3) is 0 Å². The maximum absolute atomic E-state index is 10.2. The lowest BCUT2D eigenvalue weighted by Gasteiger charge is -2.28. The molecule has 0 radical (unpaired) electrons. The first-order valence-corrected chi connectivity index (χ1v) is 3.10. The molecule has 0 bridgehead atoms. The van der Waals surface area contributed by atoms with Crippen LogP contribution in [0.1, 0.15) is 0 Å². The van der Waals surface area contributed by atoms with Gasteiger partial charge in [-0.3, -0.25) is 0 Å². The summed E-state index contributed by atoms with van der Waals surface area (Å²) in [7, 11) is 0. The van der Waals surface area contributed by atoms with E-state index in [9.17, 15) is 4.79 Å². The maximum atomic E-state index is 10.2. The molecule has 0 amide bonds. The van der Waals surface area contributed by atoms with Gasteiger partial charge in [0.1, 0.15) is 6.29 Å². The molecule has 2 unspecified atom stereocenters. The summed E-state index contributed by atoms with van der Waals surface area (Å²) < 4.78 is 0. The summed E-state index contributed by atoms with van der Waals surface area (Å²) in [6, 6.07) is 0. The van der Waals surface area contributed by atoms with Gasteiger partial charge >= 0.3 is 0 Å². The van der Waals surface area contributed by atoms with E-state index in [1.807, 2.05) is 0 Å². The summed E-state index contributed by atoms with van der Waals surface area (Å²) >= 11 is 0. The molecule has 1 nitrogen and oxygen atoms in total. The number of fused-ring (bicyclic) bond motifs is 1. The molecule has 0 N–H and O–H groups in total. The minimum atomic E-state index is 0.426. The van der Waals surface area contributed by atoms with Crippen LogP contribution in [0.25, 0.3) is 0 Å². The summed E-state index contributed by atoms with van der Waals surface area (Å²) in [5.41, 5.74) is 1.59. The Bertz CT molecular complexity index is 198. The standard InChI is InChI=1S/C7H6O/c8-2-5-3-1-4-6(3)7(4)5/h1-3,5-7H/t3?,5?,6-,7-/m1/s1. The van der Waals surface area contributed by atoms with Crippen molar-refractivity contribution in [3.63, 3.8) is 0 Å². The summed E-state index contributed by atoms with van der Waals surface area (Å²) in [6.45, 7) is 0. The number of aldehydes is 1. The van der Waals surface area contributed by atoms with Gasteiger partial charge in [-0.15, -0.1) is 0 Å². The van der Waals surface area contributed by atoms with Crippen LogP contribution in [0.4, 0.5) is 0 Å². The third-order valence-electron chi connectivity index (χ3n) is 2.86. The Balaban J connectivity index is 2.06. The molecule has 40 valence electrons. The molecule has 2 saturated carbocycles. The van der Waals surface area contributed by atoms with Crippen molar-refractivity contribution in [1.82, 2.24) is 0 Å². The van der Waals surface area contributed by atoms with Gasteiger partial charge in [0.2, 0.25) is 0 Å². The maximum Gasteiger partial charge on any atom is 0.124 e. The van der Waals surface area contributed by atoms with Gasteiger partial charge in [-0.2, -0.15) is 0 Å². The second-order valence-corrected chi connectivity index (χ2v) is 3.01. The third-order valence-corrected chi connectivity index (χ3v) is 2.86. The van der Waals surface area contributed by atoms with Crippen LogP contribution in [0.3, 0.4) is 0 Å². The Hall–Kier alpha value is -0.590. The van der Waals surface area contributed by atoms with Crippen molar-refractivity contribution in [1.29, 1.82) is 0 Å². The lowest BCUT2D eigenvalue weighted by Crippen LogP contribution is -2.29. The highest BCUT2D eigenvalue weighted by Crippen LogP contribution is 2.75. The molecule has 8 heavy (non-hydrogen) atoms. The number of rotatable bonds is 1. The smallest absolute Gasteiger partial charge is 0.124 e. The highest BCUT2D eigenvalue weighted by molar-refractivity contribution is 5.70. The largest absolute Gasteiger partial charge is 0.303 e. The molecule has 0 spiro atoms. The Morgan fingerprint density at radius 3 is 2.62 bits per heavy atom. The molecule has 0 heterocycles.